The first-order chi connectivity index (χ1) is 29.8. The average molecular weight is 853 g/mol. The van der Waals surface area contributed by atoms with Crippen molar-refractivity contribution in [3.63, 3.8) is 0 Å². The number of ketones is 1. The summed E-state index contributed by atoms with van der Waals surface area (Å²) in [6, 6.07) is 25.4. The fourth-order valence-electron chi connectivity index (χ4n) is 5.30. The Morgan fingerprint density at radius 1 is 0.565 bits per heavy atom. The van der Waals surface area contributed by atoms with E-state index in [9.17, 15) is 28.8 Å². The lowest BCUT2D eigenvalue weighted by atomic mass is 10.1. The van der Waals surface area contributed by atoms with Crippen molar-refractivity contribution in [2.75, 3.05) is 46.2 Å². The molecule has 62 heavy (non-hydrogen) atoms. The molecule has 4 aromatic rings. The van der Waals surface area contributed by atoms with Crippen LogP contribution in [0.25, 0.3) is 0 Å². The first kappa shape index (κ1) is 47.2. The molecule has 0 radical (unpaired) electrons. The number of Topliss-reactive ketones (excluding diaryl/α,β-unsaturated/α-hetero) is 1. The Kier molecular flexibility index (Phi) is 19.2. The van der Waals surface area contributed by atoms with E-state index < -0.39 is 36.4 Å². The van der Waals surface area contributed by atoms with Gasteiger partial charge in [-0.05, 0) is 83.8 Å². The molecule has 0 fully saturated rings. The molecule has 0 bridgehead atoms. The molecule has 0 saturated heterocycles. The van der Waals surface area contributed by atoms with Gasteiger partial charge in [-0.2, -0.15) is 0 Å². The number of amides is 1. The molecule has 0 unspecified atom stereocenters. The second-order valence-electron chi connectivity index (χ2n) is 13.4. The number of carbonyl (C=O) groups is 6. The Morgan fingerprint density at radius 3 is 1.55 bits per heavy atom. The van der Waals surface area contributed by atoms with Gasteiger partial charge >= 0.3 is 23.9 Å². The molecule has 1 amide bonds. The number of nitrogens with one attached hydrogen (secondary N) is 2. The molecule has 18 nitrogen and oxygen atoms in total. The monoisotopic (exact) mass is 852 g/mol. The summed E-state index contributed by atoms with van der Waals surface area (Å²) in [6.45, 7) is 0.377. The quantitative estimate of drug-likeness (QED) is 0.0211. The predicted octanol–water partition coefficient (Wildman–Crippen LogP) is 2.88. The van der Waals surface area contributed by atoms with Crippen LogP contribution in [0.4, 0.5) is 5.69 Å². The van der Waals surface area contributed by atoms with Crippen molar-refractivity contribution in [2.45, 2.75) is 32.1 Å². The Labute approximate surface area is 357 Å². The van der Waals surface area contributed by atoms with Crippen LogP contribution in [-0.2, 0) is 57.4 Å². The minimum Gasteiger partial charge on any atom is -0.457 e. The fourth-order valence-corrected chi connectivity index (χ4v) is 5.30. The molecule has 8 N–H and O–H groups in total. The largest absolute Gasteiger partial charge is 0.457 e. The molecule has 0 atom stereocenters. The summed E-state index contributed by atoms with van der Waals surface area (Å²) in [5.74, 6) is -2.60. The molecule has 0 aliphatic carbocycles. The maximum absolute atomic E-state index is 12.4. The van der Waals surface area contributed by atoms with Gasteiger partial charge in [0.2, 0.25) is 0 Å². The molecule has 4 rings (SSSR count). The van der Waals surface area contributed by atoms with Crippen LogP contribution in [0.2, 0.25) is 0 Å². The Hall–Kier alpha value is -7.44. The first-order valence-corrected chi connectivity index (χ1v) is 19.3. The molecule has 0 saturated carbocycles. The van der Waals surface area contributed by atoms with E-state index in [0.717, 1.165) is 5.56 Å². The molecule has 0 aliphatic rings. The van der Waals surface area contributed by atoms with Crippen molar-refractivity contribution < 1.29 is 57.2 Å². The molecule has 0 aliphatic heterocycles. The highest BCUT2D eigenvalue weighted by Gasteiger charge is 2.14. The zero-order chi connectivity index (χ0) is 44.7. The van der Waals surface area contributed by atoms with Gasteiger partial charge in [-0.3, -0.25) is 24.6 Å². The summed E-state index contributed by atoms with van der Waals surface area (Å²) in [7, 11) is 0. The number of hydrogen-bond donors (Lipinski definition) is 5. The molecule has 4 aromatic carbocycles. The van der Waals surface area contributed by atoms with Crippen LogP contribution in [0.5, 0.6) is 11.5 Å². The predicted molar refractivity (Wildman–Crippen MR) is 225 cm³/mol. The molecule has 0 heterocycles. The number of guanidine groups is 1. The van der Waals surface area contributed by atoms with E-state index in [1.165, 1.54) is 24.3 Å². The van der Waals surface area contributed by atoms with Gasteiger partial charge in [0, 0.05) is 26.0 Å². The Morgan fingerprint density at radius 2 is 1.03 bits per heavy atom. The molecule has 326 valence electrons. The molecule has 0 spiro atoms. The molecule has 0 aromatic heterocycles. The third kappa shape index (κ3) is 18.2. The lowest BCUT2D eigenvalue weighted by Gasteiger charge is -2.09. The van der Waals surface area contributed by atoms with Gasteiger partial charge in [-0.15, -0.1) is 0 Å². The maximum atomic E-state index is 12.4. The van der Waals surface area contributed by atoms with Gasteiger partial charge in [0.1, 0.15) is 18.1 Å². The van der Waals surface area contributed by atoms with Gasteiger partial charge in [-0.25, -0.2) is 14.6 Å². The second kappa shape index (κ2) is 25.2. The standard InChI is InChI=1S/C44H48N6O12/c45-38(46)24-29-3-9-32(10-4-29)42(55)61-36-15-5-30(6-16-36)25-40(53)59-27-35(51)2-1-20-57-22-23-58-21-19-49-39(52)28-60-41(54)26-31-7-17-37(18-8-31)62-43(56)33-11-13-34(14-12-33)50-44(47)48/h3-18H,1-2,19-28H2,(H3,45,46)(H,49,52)(H4,47,48,50). The van der Waals surface area contributed by atoms with Crippen molar-refractivity contribution in [2.24, 2.45) is 22.2 Å². The SMILES string of the molecule is N=C(N)Cc1ccc(C(=O)Oc2ccc(CC(=O)OCC(=O)CCCOCCOCCNC(=O)COC(=O)Cc3ccc(OC(=O)c4ccc(N=C(N)N)cc4)cc3)cc2)cc1. The average Bonchev–Trinajstić information content (AvgIpc) is 3.24. The van der Waals surface area contributed by atoms with Crippen LogP contribution >= 0.6 is 0 Å². The van der Waals surface area contributed by atoms with Gasteiger partial charge < -0.3 is 50.9 Å². The van der Waals surface area contributed by atoms with E-state index in [1.54, 1.807) is 72.8 Å². The lowest BCUT2D eigenvalue weighted by Crippen LogP contribution is -2.32. The van der Waals surface area contributed by atoms with Crippen molar-refractivity contribution >= 4 is 53.1 Å². The fraction of sp³-hybridized carbons (Fsp3) is 0.273. The minimum absolute atomic E-state index is 0.0236. The number of nitrogens with two attached hydrogens (primary N) is 3. The van der Waals surface area contributed by atoms with Crippen LogP contribution in [0, 0.1) is 5.41 Å². The van der Waals surface area contributed by atoms with Gasteiger partial charge in [0.25, 0.3) is 5.91 Å². The minimum atomic E-state index is -0.615. The normalized spacial score (nSPS) is 10.5. The van der Waals surface area contributed by atoms with Crippen LogP contribution in [0.15, 0.2) is 102 Å². The molecule has 18 heteroatoms. The van der Waals surface area contributed by atoms with E-state index in [0.29, 0.717) is 46.7 Å². The number of ether oxygens (including phenoxy) is 6. The summed E-state index contributed by atoms with van der Waals surface area (Å²) in [5.41, 5.74) is 19.2. The van der Waals surface area contributed by atoms with Crippen molar-refractivity contribution in [3.8, 4) is 11.5 Å². The molecular weight excluding hydrogens is 805 g/mol. The van der Waals surface area contributed by atoms with E-state index >= 15 is 0 Å². The van der Waals surface area contributed by atoms with Crippen LogP contribution in [0.1, 0.15) is 50.2 Å². The van der Waals surface area contributed by atoms with Crippen LogP contribution in [-0.4, -0.2) is 93.5 Å². The van der Waals surface area contributed by atoms with Crippen LogP contribution in [0.3, 0.4) is 0 Å². The zero-order valence-electron chi connectivity index (χ0n) is 33.8. The van der Waals surface area contributed by atoms with E-state index in [1.807, 2.05) is 0 Å². The lowest BCUT2D eigenvalue weighted by molar-refractivity contribution is -0.148. The summed E-state index contributed by atoms with van der Waals surface area (Å²) < 4.78 is 31.7. The van der Waals surface area contributed by atoms with Gasteiger partial charge in [0.15, 0.2) is 18.3 Å². The van der Waals surface area contributed by atoms with Crippen molar-refractivity contribution in [1.29, 1.82) is 5.41 Å². The number of rotatable bonds is 25. The summed E-state index contributed by atoms with van der Waals surface area (Å²) in [6.07, 6.45) is 0.712. The highest BCUT2D eigenvalue weighted by atomic mass is 16.6. The smallest absolute Gasteiger partial charge is 0.343 e. The van der Waals surface area contributed by atoms with Gasteiger partial charge in [0.05, 0.1) is 55.3 Å². The van der Waals surface area contributed by atoms with E-state index in [4.69, 9.17) is 51.0 Å². The first-order valence-electron chi connectivity index (χ1n) is 19.3. The van der Waals surface area contributed by atoms with Crippen molar-refractivity contribution in [1.82, 2.24) is 5.32 Å². The highest BCUT2D eigenvalue weighted by Crippen LogP contribution is 2.18. The number of esters is 4. The topological polar surface area (TPSA) is 284 Å². The summed E-state index contributed by atoms with van der Waals surface area (Å²) >= 11 is 0. The number of hydrogen-bond acceptors (Lipinski definition) is 14. The third-order valence-electron chi connectivity index (χ3n) is 8.35. The Bertz CT molecular complexity index is 2170. The summed E-state index contributed by atoms with van der Waals surface area (Å²) in [5, 5.41) is 9.94. The number of benzene rings is 4. The third-order valence-corrected chi connectivity index (χ3v) is 8.35. The second-order valence-corrected chi connectivity index (χ2v) is 13.4. The zero-order valence-corrected chi connectivity index (χ0v) is 33.8. The number of amidine groups is 1. The number of carbonyl (C=O) groups excluding carboxylic acids is 6. The number of nitrogens with zero attached hydrogens (tertiary/aromatic N) is 1. The van der Waals surface area contributed by atoms with Crippen LogP contribution < -0.4 is 32.0 Å². The number of aliphatic imine (C=N–C) groups is 1. The van der Waals surface area contributed by atoms with Gasteiger partial charge in [-0.1, -0.05) is 36.4 Å². The highest BCUT2D eigenvalue weighted by molar-refractivity contribution is 5.92. The van der Waals surface area contributed by atoms with E-state index in [-0.39, 0.29) is 82.0 Å². The summed E-state index contributed by atoms with van der Waals surface area (Å²) in [4.78, 5) is 77.4. The van der Waals surface area contributed by atoms with Crippen molar-refractivity contribution in [3.05, 3.63) is 125 Å². The maximum Gasteiger partial charge on any atom is 0.343 e. The van der Waals surface area contributed by atoms with E-state index in [2.05, 4.69) is 10.3 Å². The Balaban J connectivity index is 0.958. The molecular formula is C44H48N6O12.